The number of hydrogen-bond donors (Lipinski definition) is 0. The number of carbonyl (C=O) groups excluding carboxylic acids is 2. The molecule has 4 heteroatoms. The highest BCUT2D eigenvalue weighted by atomic mass is 16.6. The summed E-state index contributed by atoms with van der Waals surface area (Å²) in [5, 5.41) is 0. The molecule has 1 fully saturated rings. The van der Waals surface area contributed by atoms with Gasteiger partial charge in [-0.2, -0.15) is 0 Å². The fourth-order valence-electron chi connectivity index (χ4n) is 2.35. The van der Waals surface area contributed by atoms with Crippen molar-refractivity contribution < 1.29 is 14.3 Å². The second-order valence-electron chi connectivity index (χ2n) is 6.40. The molecular formula is C15H27NO3. The number of ether oxygens (including phenoxy) is 1. The van der Waals surface area contributed by atoms with Crippen LogP contribution in [0.5, 0.6) is 0 Å². The van der Waals surface area contributed by atoms with Crippen LogP contribution in [0.15, 0.2) is 0 Å². The molecule has 1 saturated heterocycles. The Bertz CT molecular complexity index is 312. The quantitative estimate of drug-likeness (QED) is 0.786. The van der Waals surface area contributed by atoms with Gasteiger partial charge in [0.05, 0.1) is 0 Å². The summed E-state index contributed by atoms with van der Waals surface area (Å²) in [6.07, 6.45) is 3.88. The lowest BCUT2D eigenvalue weighted by atomic mass is 9.91. The Morgan fingerprint density at radius 3 is 2.26 bits per heavy atom. The molecule has 0 radical (unpaired) electrons. The minimum Gasteiger partial charge on any atom is -0.444 e. The van der Waals surface area contributed by atoms with Crippen LogP contribution in [0.2, 0.25) is 0 Å². The van der Waals surface area contributed by atoms with Gasteiger partial charge in [-0.15, -0.1) is 0 Å². The van der Waals surface area contributed by atoms with E-state index in [0.717, 1.165) is 19.3 Å². The van der Waals surface area contributed by atoms with Gasteiger partial charge in [0.2, 0.25) is 0 Å². The summed E-state index contributed by atoms with van der Waals surface area (Å²) in [6.45, 7) is 9.07. The number of ketones is 1. The van der Waals surface area contributed by atoms with E-state index in [1.54, 1.807) is 4.90 Å². The van der Waals surface area contributed by atoms with E-state index in [-0.39, 0.29) is 6.09 Å². The summed E-state index contributed by atoms with van der Waals surface area (Å²) in [6, 6.07) is 0. The van der Waals surface area contributed by atoms with E-state index in [4.69, 9.17) is 4.74 Å². The number of hydrogen-bond acceptors (Lipinski definition) is 3. The van der Waals surface area contributed by atoms with Crippen molar-refractivity contribution in [2.45, 2.75) is 65.4 Å². The first-order chi connectivity index (χ1) is 8.81. The second-order valence-corrected chi connectivity index (χ2v) is 6.40. The molecule has 0 aromatic carbocycles. The largest absolute Gasteiger partial charge is 0.444 e. The van der Waals surface area contributed by atoms with Crippen LogP contribution in [0, 0.1) is 5.92 Å². The van der Waals surface area contributed by atoms with Crippen LogP contribution < -0.4 is 0 Å². The number of rotatable bonds is 4. The lowest BCUT2D eigenvalue weighted by molar-refractivity contribution is -0.120. The Kier molecular flexibility index (Phi) is 5.83. The summed E-state index contributed by atoms with van der Waals surface area (Å²) in [5.41, 5.74) is -0.439. The van der Waals surface area contributed by atoms with Crippen LogP contribution in [-0.2, 0) is 9.53 Å². The molecule has 1 rings (SSSR count). The zero-order valence-corrected chi connectivity index (χ0v) is 12.7. The summed E-state index contributed by atoms with van der Waals surface area (Å²) < 4.78 is 5.35. The van der Waals surface area contributed by atoms with Crippen molar-refractivity contribution >= 4 is 11.9 Å². The van der Waals surface area contributed by atoms with Crippen LogP contribution in [-0.4, -0.2) is 35.5 Å². The van der Waals surface area contributed by atoms with Gasteiger partial charge in [-0.1, -0.05) is 6.92 Å². The first-order valence-corrected chi connectivity index (χ1v) is 7.31. The van der Waals surface area contributed by atoms with E-state index in [2.05, 4.69) is 0 Å². The van der Waals surface area contributed by atoms with Crippen molar-refractivity contribution in [1.29, 1.82) is 0 Å². The Morgan fingerprint density at radius 2 is 1.79 bits per heavy atom. The fourth-order valence-corrected chi connectivity index (χ4v) is 2.35. The average Bonchev–Trinajstić information content (AvgIpc) is 2.27. The molecule has 1 amide bonds. The molecule has 0 unspecified atom stereocenters. The Morgan fingerprint density at radius 1 is 1.21 bits per heavy atom. The molecule has 1 aliphatic rings. The lowest BCUT2D eigenvalue weighted by Crippen LogP contribution is -2.42. The van der Waals surface area contributed by atoms with Crippen LogP contribution in [0.4, 0.5) is 4.79 Å². The van der Waals surface area contributed by atoms with Gasteiger partial charge in [0.1, 0.15) is 11.4 Å². The molecule has 1 aliphatic heterocycles. The van der Waals surface area contributed by atoms with Gasteiger partial charge >= 0.3 is 6.09 Å². The van der Waals surface area contributed by atoms with Gasteiger partial charge in [-0.25, -0.2) is 4.79 Å². The van der Waals surface area contributed by atoms with Gasteiger partial charge in [-0.3, -0.25) is 4.79 Å². The minimum atomic E-state index is -0.439. The molecule has 0 bridgehead atoms. The van der Waals surface area contributed by atoms with Gasteiger partial charge in [0.25, 0.3) is 0 Å². The number of piperidine rings is 1. The SMILES string of the molecule is CCCC(=O)CC1CCN(C(=O)OC(C)(C)C)CC1. The number of nitrogens with zero attached hydrogens (tertiary/aromatic N) is 1. The third-order valence-corrected chi connectivity index (χ3v) is 3.31. The van der Waals surface area contributed by atoms with Crippen LogP contribution in [0.25, 0.3) is 0 Å². The third kappa shape index (κ3) is 6.08. The van der Waals surface area contributed by atoms with Crippen LogP contribution in [0.3, 0.4) is 0 Å². The molecule has 0 saturated carbocycles. The van der Waals surface area contributed by atoms with Gasteiger partial charge in [0.15, 0.2) is 0 Å². The van der Waals surface area contributed by atoms with E-state index < -0.39 is 5.60 Å². The van der Waals surface area contributed by atoms with Crippen molar-refractivity contribution in [2.24, 2.45) is 5.92 Å². The normalized spacial score (nSPS) is 17.4. The van der Waals surface area contributed by atoms with Crippen molar-refractivity contribution in [2.75, 3.05) is 13.1 Å². The molecule has 0 aliphatic carbocycles. The predicted octanol–water partition coefficient (Wildman–Crippen LogP) is 3.39. The van der Waals surface area contributed by atoms with E-state index in [9.17, 15) is 9.59 Å². The molecule has 1 heterocycles. The number of amides is 1. The summed E-state index contributed by atoms with van der Waals surface area (Å²) in [5.74, 6) is 0.802. The average molecular weight is 269 g/mol. The van der Waals surface area contributed by atoms with Crippen LogP contribution in [0.1, 0.15) is 59.8 Å². The Hall–Kier alpha value is -1.06. The maximum absolute atomic E-state index is 11.9. The Balaban J connectivity index is 2.32. The summed E-state index contributed by atoms with van der Waals surface area (Å²) in [4.78, 5) is 25.2. The highest BCUT2D eigenvalue weighted by Gasteiger charge is 2.27. The van der Waals surface area contributed by atoms with Gasteiger partial charge < -0.3 is 9.64 Å². The smallest absolute Gasteiger partial charge is 0.410 e. The molecular weight excluding hydrogens is 242 g/mol. The monoisotopic (exact) mass is 269 g/mol. The van der Waals surface area contributed by atoms with E-state index >= 15 is 0 Å². The highest BCUT2D eigenvalue weighted by Crippen LogP contribution is 2.23. The number of likely N-dealkylation sites (tertiary alicyclic amines) is 1. The molecule has 4 nitrogen and oxygen atoms in total. The van der Waals surface area contributed by atoms with Gasteiger partial charge in [0, 0.05) is 25.9 Å². The van der Waals surface area contributed by atoms with Crippen molar-refractivity contribution in [1.82, 2.24) is 4.90 Å². The Labute approximate surface area is 116 Å². The van der Waals surface area contributed by atoms with E-state index in [1.165, 1.54) is 0 Å². The third-order valence-electron chi connectivity index (χ3n) is 3.31. The summed E-state index contributed by atoms with van der Waals surface area (Å²) >= 11 is 0. The van der Waals surface area contributed by atoms with E-state index in [1.807, 2.05) is 27.7 Å². The highest BCUT2D eigenvalue weighted by molar-refractivity contribution is 5.78. The van der Waals surface area contributed by atoms with Crippen molar-refractivity contribution in [3.63, 3.8) is 0 Å². The van der Waals surface area contributed by atoms with Crippen LogP contribution >= 0.6 is 0 Å². The fraction of sp³-hybridized carbons (Fsp3) is 0.867. The summed E-state index contributed by atoms with van der Waals surface area (Å²) in [7, 11) is 0. The van der Waals surface area contributed by atoms with E-state index in [0.29, 0.717) is 37.6 Å². The molecule has 0 aromatic heterocycles. The molecule has 110 valence electrons. The second kappa shape index (κ2) is 6.92. The van der Waals surface area contributed by atoms with Gasteiger partial charge in [-0.05, 0) is 46.0 Å². The first-order valence-electron chi connectivity index (χ1n) is 7.31. The maximum atomic E-state index is 11.9. The first kappa shape index (κ1) is 16.0. The van der Waals surface area contributed by atoms with Crippen molar-refractivity contribution in [3.8, 4) is 0 Å². The minimum absolute atomic E-state index is 0.231. The predicted molar refractivity (Wildman–Crippen MR) is 75.1 cm³/mol. The number of Topliss-reactive ketones (excluding diaryl/α,β-unsaturated/α-hetero) is 1. The number of carbonyl (C=O) groups is 2. The zero-order valence-electron chi connectivity index (χ0n) is 12.7. The topological polar surface area (TPSA) is 46.6 Å². The molecule has 0 atom stereocenters. The maximum Gasteiger partial charge on any atom is 0.410 e. The molecule has 0 spiro atoms. The van der Waals surface area contributed by atoms with Crippen molar-refractivity contribution in [3.05, 3.63) is 0 Å². The molecule has 0 N–H and O–H groups in total. The molecule has 19 heavy (non-hydrogen) atoms. The molecule has 0 aromatic rings. The zero-order chi connectivity index (χ0) is 14.5. The lowest BCUT2D eigenvalue weighted by Gasteiger charge is -2.33. The standard InChI is InChI=1S/C15H27NO3/c1-5-6-13(17)11-12-7-9-16(10-8-12)14(18)19-15(2,3)4/h12H,5-11H2,1-4H3.